The minimum absolute atomic E-state index is 0.154. The van der Waals surface area contributed by atoms with Crippen molar-refractivity contribution in [2.24, 2.45) is 17.5 Å². The van der Waals surface area contributed by atoms with E-state index in [0.717, 1.165) is 31.4 Å². The molecule has 0 atom stereocenters. The molecule has 170 valence electrons. The summed E-state index contributed by atoms with van der Waals surface area (Å²) in [6.45, 7) is 1.86. The summed E-state index contributed by atoms with van der Waals surface area (Å²) < 4.78 is 6.11. The number of nitrogens with zero attached hydrogens (tertiary/aromatic N) is 2. The van der Waals surface area contributed by atoms with E-state index < -0.39 is 6.03 Å². The summed E-state index contributed by atoms with van der Waals surface area (Å²) in [6.07, 6.45) is 8.48. The predicted octanol–water partition coefficient (Wildman–Crippen LogP) is 1.62. The van der Waals surface area contributed by atoms with Gasteiger partial charge in [0.05, 0.1) is 17.5 Å². The van der Waals surface area contributed by atoms with Gasteiger partial charge in [-0.25, -0.2) is 21.0 Å². The van der Waals surface area contributed by atoms with Crippen LogP contribution in [0, 0.1) is 12.8 Å². The number of aromatic nitrogens is 1. The number of rotatable bonds is 7. The van der Waals surface area contributed by atoms with Crippen LogP contribution in [0.2, 0.25) is 0 Å². The Morgan fingerprint density at radius 1 is 1.16 bits per heavy atom. The molecule has 0 spiro atoms. The molecular formula is C21H33N7O3. The molecule has 0 radical (unpaired) electrons. The Labute approximate surface area is 182 Å². The Kier molecular flexibility index (Phi) is 7.56. The largest absolute Gasteiger partial charge is 0.489 e. The molecule has 7 N–H and O–H groups in total. The summed E-state index contributed by atoms with van der Waals surface area (Å²) in [5, 5.41) is 3.74. The van der Waals surface area contributed by atoms with Crippen LogP contribution < -0.4 is 32.5 Å². The monoisotopic (exact) mass is 431 g/mol. The van der Waals surface area contributed by atoms with Crippen LogP contribution in [0.25, 0.3) is 5.70 Å². The molecule has 0 aliphatic heterocycles. The normalized spacial score (nSPS) is 17.4. The fraction of sp³-hybridized carbons (Fsp3) is 0.571. The van der Waals surface area contributed by atoms with Crippen molar-refractivity contribution in [3.63, 3.8) is 0 Å². The molecule has 0 unspecified atom stereocenters. The van der Waals surface area contributed by atoms with Crippen molar-refractivity contribution in [3.05, 3.63) is 29.3 Å². The number of pyridine rings is 1. The number of amides is 3. The summed E-state index contributed by atoms with van der Waals surface area (Å²) in [5.41, 5.74) is 12.3. The van der Waals surface area contributed by atoms with Gasteiger partial charge in [-0.1, -0.05) is 6.42 Å². The second-order valence-electron chi connectivity index (χ2n) is 8.31. The molecular weight excluding hydrogens is 398 g/mol. The van der Waals surface area contributed by atoms with Crippen molar-refractivity contribution >= 4 is 17.6 Å². The summed E-state index contributed by atoms with van der Waals surface area (Å²) in [6, 6.07) is 2.92. The van der Waals surface area contributed by atoms with Gasteiger partial charge in [-0.2, -0.15) is 0 Å². The number of nitrogens with two attached hydrogens (primary N) is 2. The molecule has 1 heterocycles. The molecule has 2 aliphatic rings. The molecule has 2 fully saturated rings. The molecule has 2 aliphatic carbocycles. The Morgan fingerprint density at radius 2 is 1.87 bits per heavy atom. The zero-order valence-corrected chi connectivity index (χ0v) is 18.2. The van der Waals surface area contributed by atoms with Gasteiger partial charge in [-0.15, -0.1) is 0 Å². The zero-order valence-electron chi connectivity index (χ0n) is 18.2. The van der Waals surface area contributed by atoms with Gasteiger partial charge in [-0.05, 0) is 63.5 Å². The fourth-order valence-electron chi connectivity index (χ4n) is 3.55. The van der Waals surface area contributed by atoms with Crippen LogP contribution in [-0.2, 0) is 4.79 Å². The van der Waals surface area contributed by atoms with Crippen molar-refractivity contribution < 1.29 is 14.3 Å². The van der Waals surface area contributed by atoms with Crippen molar-refractivity contribution in [3.8, 4) is 5.75 Å². The lowest BCUT2D eigenvalue weighted by Crippen LogP contribution is -2.49. The number of ether oxygens (including phenoxy) is 1. The number of aryl methyl sites for hydroxylation is 1. The van der Waals surface area contributed by atoms with Crippen LogP contribution in [0.3, 0.4) is 0 Å². The smallest absolute Gasteiger partial charge is 0.339 e. The lowest BCUT2D eigenvalue weighted by Gasteiger charge is -2.24. The molecule has 3 amide bonds. The summed E-state index contributed by atoms with van der Waals surface area (Å²) >= 11 is 0. The van der Waals surface area contributed by atoms with Gasteiger partial charge >= 0.3 is 6.03 Å². The van der Waals surface area contributed by atoms with Crippen LogP contribution in [0.15, 0.2) is 18.0 Å². The van der Waals surface area contributed by atoms with Gasteiger partial charge in [0.1, 0.15) is 17.3 Å². The molecule has 1 aromatic heterocycles. The van der Waals surface area contributed by atoms with Crippen LogP contribution >= 0.6 is 0 Å². The highest BCUT2D eigenvalue weighted by molar-refractivity contribution is 5.83. The Hall–Kier alpha value is -3.01. The summed E-state index contributed by atoms with van der Waals surface area (Å²) in [7, 11) is 1.54. The van der Waals surface area contributed by atoms with Crippen molar-refractivity contribution in [2.75, 3.05) is 7.05 Å². The first kappa shape index (κ1) is 22.7. The van der Waals surface area contributed by atoms with Crippen LogP contribution in [0.1, 0.15) is 62.8 Å². The lowest BCUT2D eigenvalue weighted by molar-refractivity contribution is -0.122. The van der Waals surface area contributed by atoms with Crippen molar-refractivity contribution in [2.45, 2.75) is 64.4 Å². The molecule has 0 bridgehead atoms. The highest BCUT2D eigenvalue weighted by Gasteiger charge is 2.24. The topological polar surface area (TPSA) is 148 Å². The van der Waals surface area contributed by atoms with Gasteiger partial charge in [0.2, 0.25) is 5.91 Å². The van der Waals surface area contributed by atoms with E-state index in [0.29, 0.717) is 23.7 Å². The lowest BCUT2D eigenvalue weighted by atomic mass is 9.98. The quantitative estimate of drug-likeness (QED) is 0.325. The van der Waals surface area contributed by atoms with Gasteiger partial charge in [0.15, 0.2) is 0 Å². The predicted molar refractivity (Wildman–Crippen MR) is 117 cm³/mol. The first-order chi connectivity index (χ1) is 14.8. The highest BCUT2D eigenvalue weighted by atomic mass is 16.5. The maximum atomic E-state index is 12.2. The molecule has 1 aromatic rings. The number of urea groups is 1. The minimum atomic E-state index is -0.659. The summed E-state index contributed by atoms with van der Waals surface area (Å²) in [5.74, 6) is 6.93. The minimum Gasteiger partial charge on any atom is -0.489 e. The number of hydrogen-bond acceptors (Lipinski definition) is 7. The average molecular weight is 432 g/mol. The SMILES string of the molecule is Cc1nc(/C(N)=C(\NC(=O)NNC(=O)CC2CC2)N(C)N)ccc1OC1CCCCC1. The van der Waals surface area contributed by atoms with Gasteiger partial charge in [0.25, 0.3) is 0 Å². The first-order valence-corrected chi connectivity index (χ1v) is 10.8. The third-order valence-corrected chi connectivity index (χ3v) is 5.49. The Balaban J connectivity index is 1.64. The fourth-order valence-corrected chi connectivity index (χ4v) is 3.55. The first-order valence-electron chi connectivity index (χ1n) is 10.8. The van der Waals surface area contributed by atoms with Crippen LogP contribution in [0.4, 0.5) is 4.79 Å². The van der Waals surface area contributed by atoms with E-state index in [1.165, 1.54) is 24.3 Å². The number of carbonyl (C=O) groups excluding carboxylic acids is 2. The molecule has 0 saturated heterocycles. The molecule has 2 saturated carbocycles. The Bertz CT molecular complexity index is 830. The van der Waals surface area contributed by atoms with Gasteiger partial charge in [-0.3, -0.25) is 20.5 Å². The van der Waals surface area contributed by atoms with Gasteiger partial charge < -0.3 is 10.5 Å². The van der Waals surface area contributed by atoms with Crippen molar-refractivity contribution in [1.82, 2.24) is 26.2 Å². The molecule has 10 heteroatoms. The zero-order chi connectivity index (χ0) is 22.4. The number of carbonyl (C=O) groups is 2. The van der Waals surface area contributed by atoms with Crippen molar-refractivity contribution in [1.29, 1.82) is 0 Å². The third-order valence-electron chi connectivity index (χ3n) is 5.49. The summed E-state index contributed by atoms with van der Waals surface area (Å²) in [4.78, 5) is 28.5. The second-order valence-corrected chi connectivity index (χ2v) is 8.31. The van der Waals surface area contributed by atoms with E-state index in [4.69, 9.17) is 16.3 Å². The highest BCUT2D eigenvalue weighted by Crippen LogP contribution is 2.32. The van der Waals surface area contributed by atoms with E-state index in [1.807, 2.05) is 13.0 Å². The van der Waals surface area contributed by atoms with Crippen LogP contribution in [0.5, 0.6) is 5.75 Å². The number of hydrazine groups is 2. The Morgan fingerprint density at radius 3 is 2.48 bits per heavy atom. The second kappa shape index (κ2) is 10.3. The maximum Gasteiger partial charge on any atom is 0.339 e. The maximum absolute atomic E-state index is 12.2. The number of hydrogen-bond donors (Lipinski definition) is 5. The standard InChI is InChI=1S/C21H33N7O3/c1-13-17(31-15-6-4-3-5-7-15)11-10-16(24-13)19(22)20(28(2)23)25-21(30)27-26-18(29)12-14-8-9-14/h10-11,14-15H,3-9,12,22-23H2,1-2H3,(H,26,29)(H2,25,27,30)/b20-19-. The molecule has 3 rings (SSSR count). The molecule has 31 heavy (non-hydrogen) atoms. The number of nitrogens with one attached hydrogen (secondary N) is 3. The van der Waals surface area contributed by atoms with E-state index in [1.54, 1.807) is 13.1 Å². The third kappa shape index (κ3) is 6.74. The van der Waals surface area contributed by atoms with E-state index in [-0.39, 0.29) is 23.5 Å². The molecule has 10 nitrogen and oxygen atoms in total. The van der Waals surface area contributed by atoms with Gasteiger partial charge in [0, 0.05) is 13.5 Å². The van der Waals surface area contributed by atoms with E-state index in [9.17, 15) is 9.59 Å². The molecule has 0 aromatic carbocycles. The van der Waals surface area contributed by atoms with Crippen LogP contribution in [-0.4, -0.2) is 35.1 Å². The van der Waals surface area contributed by atoms with E-state index >= 15 is 0 Å². The van der Waals surface area contributed by atoms with E-state index in [2.05, 4.69) is 21.2 Å². The average Bonchev–Trinajstić information content (AvgIpc) is 3.56.